The monoisotopic (exact) mass is 527 g/mol. The van der Waals surface area contributed by atoms with Crippen LogP contribution in [0.3, 0.4) is 0 Å². The Hall–Kier alpha value is -3.85. The number of nitrogens with zero attached hydrogens (tertiary/aromatic N) is 3. The molecule has 0 radical (unpaired) electrons. The van der Waals surface area contributed by atoms with Gasteiger partial charge < -0.3 is 10.1 Å². The Bertz CT molecular complexity index is 1610. The summed E-state index contributed by atoms with van der Waals surface area (Å²) in [6.07, 6.45) is 9.14. The molecule has 2 aromatic carbocycles. The Balaban J connectivity index is 0.961. The topological polar surface area (TPSA) is 102 Å². The van der Waals surface area contributed by atoms with Crippen LogP contribution in [-0.4, -0.2) is 45.1 Å². The van der Waals surface area contributed by atoms with Gasteiger partial charge in [-0.15, -0.1) is 0 Å². The van der Waals surface area contributed by atoms with Gasteiger partial charge in [-0.3, -0.25) is 14.3 Å². The Morgan fingerprint density at radius 2 is 1.85 bits per heavy atom. The number of halogens is 1. The molecule has 1 saturated heterocycles. The molecule has 3 heterocycles. The summed E-state index contributed by atoms with van der Waals surface area (Å²) in [7, 11) is 0. The summed E-state index contributed by atoms with van der Waals surface area (Å²) >= 11 is 0. The molecule has 1 amide bonds. The maximum Gasteiger partial charge on any atom is 0.272 e. The largest absolute Gasteiger partial charge is 0.381 e. The van der Waals surface area contributed by atoms with Gasteiger partial charge in [0.25, 0.3) is 11.5 Å². The van der Waals surface area contributed by atoms with Crippen LogP contribution >= 0.6 is 0 Å². The Morgan fingerprint density at radius 1 is 1.08 bits per heavy atom. The van der Waals surface area contributed by atoms with Gasteiger partial charge in [-0.1, -0.05) is 24.3 Å². The molecule has 3 fully saturated rings. The molecule has 1 aliphatic heterocycles. The van der Waals surface area contributed by atoms with Crippen molar-refractivity contribution in [1.29, 1.82) is 0 Å². The van der Waals surface area contributed by atoms with Crippen molar-refractivity contribution >= 4 is 16.7 Å². The molecule has 7 rings (SSSR count). The van der Waals surface area contributed by atoms with Gasteiger partial charge in [-0.2, -0.15) is 10.2 Å². The first-order valence-electron chi connectivity index (χ1n) is 13.7. The number of ether oxygens (including phenoxy) is 1. The number of hydrogen-bond acceptors (Lipinski definition) is 5. The van der Waals surface area contributed by atoms with E-state index in [0.717, 1.165) is 49.6 Å². The number of carbonyl (C=O) groups is 1. The third-order valence-electron chi connectivity index (χ3n) is 8.87. The molecule has 2 aromatic heterocycles. The molecule has 0 atom stereocenters. The number of rotatable bonds is 5. The standard InChI is InChI=1S/C30H30FN5O3/c31-26-11-18(5-6-23(26)20-16-32-36(17-20)22-7-9-39-10-8-22)28(37)33-21-14-30(15-21)12-19(13-30)27-24-3-1-2-4-25(24)29(38)35-34-27/h1-6,11,16-17,19,21-22H,7-10,12-15H2,(H,33,37)(H,35,38). The first-order valence-corrected chi connectivity index (χ1v) is 13.7. The van der Waals surface area contributed by atoms with Crippen LogP contribution in [-0.2, 0) is 4.74 Å². The lowest BCUT2D eigenvalue weighted by atomic mass is 9.49. The summed E-state index contributed by atoms with van der Waals surface area (Å²) in [4.78, 5) is 25.0. The van der Waals surface area contributed by atoms with Gasteiger partial charge in [0.05, 0.1) is 23.3 Å². The molecule has 2 aliphatic carbocycles. The van der Waals surface area contributed by atoms with E-state index in [1.165, 1.54) is 6.07 Å². The lowest BCUT2D eigenvalue weighted by Crippen LogP contribution is -2.55. The molecular formula is C30H30FN5O3. The predicted molar refractivity (Wildman–Crippen MR) is 144 cm³/mol. The highest BCUT2D eigenvalue weighted by atomic mass is 19.1. The molecule has 8 nitrogen and oxygen atoms in total. The summed E-state index contributed by atoms with van der Waals surface area (Å²) < 4.78 is 22.4. The van der Waals surface area contributed by atoms with Gasteiger partial charge in [0, 0.05) is 53.4 Å². The zero-order valence-corrected chi connectivity index (χ0v) is 21.5. The number of nitrogens with one attached hydrogen (secondary N) is 2. The van der Waals surface area contributed by atoms with Crippen LogP contribution in [0.5, 0.6) is 0 Å². The second-order valence-corrected chi connectivity index (χ2v) is 11.4. The van der Waals surface area contributed by atoms with Crippen LogP contribution in [0.1, 0.15) is 66.5 Å². The number of hydrogen-bond donors (Lipinski definition) is 2. The van der Waals surface area contributed by atoms with Crippen molar-refractivity contribution in [3.8, 4) is 11.1 Å². The zero-order valence-electron chi connectivity index (χ0n) is 21.5. The molecule has 1 spiro atoms. The van der Waals surface area contributed by atoms with Crippen molar-refractivity contribution < 1.29 is 13.9 Å². The smallest absolute Gasteiger partial charge is 0.272 e. The van der Waals surface area contributed by atoms with E-state index in [9.17, 15) is 9.59 Å². The fourth-order valence-electron chi connectivity index (χ4n) is 6.83. The molecule has 4 aromatic rings. The van der Waals surface area contributed by atoms with Crippen LogP contribution in [0.25, 0.3) is 21.9 Å². The fourth-order valence-corrected chi connectivity index (χ4v) is 6.83. The highest BCUT2D eigenvalue weighted by Crippen LogP contribution is 2.62. The predicted octanol–water partition coefficient (Wildman–Crippen LogP) is 4.73. The molecule has 0 unspecified atom stereocenters. The van der Waals surface area contributed by atoms with Crippen LogP contribution in [0.4, 0.5) is 4.39 Å². The first kappa shape index (κ1) is 24.2. The summed E-state index contributed by atoms with van der Waals surface area (Å²) in [5.41, 5.74) is 2.47. The molecule has 0 bridgehead atoms. The maximum atomic E-state index is 15.0. The minimum absolute atomic E-state index is 0.0826. The number of fused-ring (bicyclic) bond motifs is 1. The van der Waals surface area contributed by atoms with Crippen molar-refractivity contribution in [3.63, 3.8) is 0 Å². The van der Waals surface area contributed by atoms with Crippen molar-refractivity contribution in [1.82, 2.24) is 25.3 Å². The lowest BCUT2D eigenvalue weighted by Gasteiger charge is -2.57. The SMILES string of the molecule is O=C(NC1CC2(C1)CC(c1n[nH]c(=O)c3ccccc13)C2)c1ccc(-c2cnn(C3CCOCC3)c2)c(F)c1. The molecular weight excluding hydrogens is 497 g/mol. The lowest BCUT2D eigenvalue weighted by molar-refractivity contribution is -0.0196. The van der Waals surface area contributed by atoms with E-state index < -0.39 is 5.82 Å². The van der Waals surface area contributed by atoms with E-state index in [1.807, 2.05) is 35.1 Å². The molecule has 2 saturated carbocycles. The van der Waals surface area contributed by atoms with Gasteiger partial charge in [-0.25, -0.2) is 9.49 Å². The number of benzene rings is 2. The summed E-state index contributed by atoms with van der Waals surface area (Å²) in [6.45, 7) is 1.42. The summed E-state index contributed by atoms with van der Waals surface area (Å²) in [5, 5.41) is 16.1. The average molecular weight is 528 g/mol. The normalized spacial score (nSPS) is 24.8. The van der Waals surface area contributed by atoms with Crippen molar-refractivity contribution in [3.05, 3.63) is 82.3 Å². The second kappa shape index (κ2) is 9.41. The van der Waals surface area contributed by atoms with E-state index in [4.69, 9.17) is 4.74 Å². The quantitative estimate of drug-likeness (QED) is 0.391. The summed E-state index contributed by atoms with van der Waals surface area (Å²) in [6, 6.07) is 12.6. The zero-order chi connectivity index (χ0) is 26.6. The van der Waals surface area contributed by atoms with E-state index in [0.29, 0.717) is 41.2 Å². The van der Waals surface area contributed by atoms with E-state index in [2.05, 4.69) is 20.6 Å². The van der Waals surface area contributed by atoms with Gasteiger partial charge in [-0.05, 0) is 62.1 Å². The van der Waals surface area contributed by atoms with Crippen molar-refractivity contribution in [2.75, 3.05) is 13.2 Å². The van der Waals surface area contributed by atoms with Crippen LogP contribution in [0.15, 0.2) is 59.7 Å². The van der Waals surface area contributed by atoms with Gasteiger partial charge in [0.15, 0.2) is 0 Å². The van der Waals surface area contributed by atoms with Gasteiger partial charge >= 0.3 is 0 Å². The molecule has 200 valence electrons. The molecule has 39 heavy (non-hydrogen) atoms. The van der Waals surface area contributed by atoms with Gasteiger partial charge in [0.1, 0.15) is 5.82 Å². The number of aromatic amines is 1. The Morgan fingerprint density at radius 3 is 2.62 bits per heavy atom. The average Bonchev–Trinajstić information content (AvgIpc) is 3.40. The van der Waals surface area contributed by atoms with E-state index in [-0.39, 0.29) is 29.0 Å². The first-order chi connectivity index (χ1) is 19.0. The number of amides is 1. The van der Waals surface area contributed by atoms with Crippen molar-refractivity contribution in [2.24, 2.45) is 5.41 Å². The Labute approximate surface area is 224 Å². The molecule has 2 N–H and O–H groups in total. The highest BCUT2D eigenvalue weighted by molar-refractivity contribution is 5.95. The summed E-state index contributed by atoms with van der Waals surface area (Å²) in [5.74, 6) is -0.370. The van der Waals surface area contributed by atoms with E-state index >= 15 is 4.39 Å². The van der Waals surface area contributed by atoms with Crippen LogP contribution in [0.2, 0.25) is 0 Å². The third kappa shape index (κ3) is 4.34. The molecule has 3 aliphatic rings. The molecule has 9 heteroatoms. The van der Waals surface area contributed by atoms with Crippen molar-refractivity contribution in [2.45, 2.75) is 56.5 Å². The number of H-pyrrole nitrogens is 1. The van der Waals surface area contributed by atoms with Crippen LogP contribution < -0.4 is 10.9 Å². The maximum absolute atomic E-state index is 15.0. The van der Waals surface area contributed by atoms with Gasteiger partial charge in [0.2, 0.25) is 0 Å². The van der Waals surface area contributed by atoms with E-state index in [1.54, 1.807) is 18.3 Å². The number of carbonyl (C=O) groups excluding carboxylic acids is 1. The minimum Gasteiger partial charge on any atom is -0.381 e. The van der Waals surface area contributed by atoms with Crippen LogP contribution in [0, 0.1) is 11.2 Å². The second-order valence-electron chi connectivity index (χ2n) is 11.4. The minimum atomic E-state index is -0.429. The third-order valence-corrected chi connectivity index (χ3v) is 8.87. The highest BCUT2D eigenvalue weighted by Gasteiger charge is 2.54. The Kier molecular flexibility index (Phi) is 5.84. The number of aromatic nitrogens is 4. The fraction of sp³-hybridized carbons (Fsp3) is 0.400.